The lowest BCUT2D eigenvalue weighted by Gasteiger charge is -2.14. The standard InChI is InChI=1S/C12H16FN3O3S/c13-8-5-6-11(20(14,18)19)10(7-8)16-12(17)15-9-3-1-2-4-9/h5-7,9H,1-4H2,(H2,14,18,19)(H2,15,16,17). The van der Waals surface area contributed by atoms with E-state index in [0.29, 0.717) is 0 Å². The Morgan fingerprint density at radius 1 is 1.30 bits per heavy atom. The zero-order chi connectivity index (χ0) is 14.8. The minimum Gasteiger partial charge on any atom is -0.335 e. The Kier molecular flexibility index (Phi) is 4.24. The molecule has 0 aromatic heterocycles. The van der Waals surface area contributed by atoms with E-state index in [9.17, 15) is 17.6 Å². The van der Waals surface area contributed by atoms with Crippen LogP contribution in [0.5, 0.6) is 0 Å². The average Bonchev–Trinajstić information content (AvgIpc) is 2.79. The maximum absolute atomic E-state index is 13.2. The highest BCUT2D eigenvalue weighted by Crippen LogP contribution is 2.22. The molecule has 0 saturated heterocycles. The molecule has 0 unspecified atom stereocenters. The lowest BCUT2D eigenvalue weighted by atomic mass is 10.2. The van der Waals surface area contributed by atoms with E-state index in [0.717, 1.165) is 43.9 Å². The van der Waals surface area contributed by atoms with Gasteiger partial charge in [-0.1, -0.05) is 12.8 Å². The predicted octanol–water partition coefficient (Wildman–Crippen LogP) is 1.54. The Balaban J connectivity index is 2.15. The van der Waals surface area contributed by atoms with Gasteiger partial charge in [-0.2, -0.15) is 0 Å². The first-order valence-electron chi connectivity index (χ1n) is 6.26. The normalized spacial score (nSPS) is 16.1. The number of carbonyl (C=O) groups is 1. The summed E-state index contributed by atoms with van der Waals surface area (Å²) in [5.74, 6) is -0.659. The number of amides is 2. The number of nitrogens with two attached hydrogens (primary N) is 1. The van der Waals surface area contributed by atoms with Crippen LogP contribution in [0.1, 0.15) is 25.7 Å². The molecular formula is C12H16FN3O3S. The van der Waals surface area contributed by atoms with Crippen molar-refractivity contribution in [3.8, 4) is 0 Å². The molecule has 0 bridgehead atoms. The van der Waals surface area contributed by atoms with Crippen LogP contribution < -0.4 is 15.8 Å². The summed E-state index contributed by atoms with van der Waals surface area (Å²) in [6.07, 6.45) is 3.87. The number of hydrogen-bond donors (Lipinski definition) is 3. The van der Waals surface area contributed by atoms with Crippen molar-refractivity contribution in [1.29, 1.82) is 0 Å². The van der Waals surface area contributed by atoms with Gasteiger partial charge in [0.25, 0.3) is 0 Å². The molecule has 0 heterocycles. The average molecular weight is 301 g/mol. The monoisotopic (exact) mass is 301 g/mol. The highest BCUT2D eigenvalue weighted by atomic mass is 32.2. The van der Waals surface area contributed by atoms with Gasteiger partial charge in [0.1, 0.15) is 10.7 Å². The molecule has 0 atom stereocenters. The molecule has 2 amide bonds. The van der Waals surface area contributed by atoms with Gasteiger partial charge >= 0.3 is 6.03 Å². The first-order chi connectivity index (χ1) is 9.36. The third-order valence-electron chi connectivity index (χ3n) is 3.19. The second-order valence-corrected chi connectivity index (χ2v) is 6.30. The second-order valence-electron chi connectivity index (χ2n) is 4.77. The van der Waals surface area contributed by atoms with Gasteiger partial charge in [-0.25, -0.2) is 22.7 Å². The van der Waals surface area contributed by atoms with E-state index in [1.807, 2.05) is 0 Å². The fourth-order valence-electron chi connectivity index (χ4n) is 2.26. The number of urea groups is 1. The Labute approximate surface area is 116 Å². The Morgan fingerprint density at radius 2 is 1.95 bits per heavy atom. The van der Waals surface area contributed by atoms with Crippen molar-refractivity contribution < 1.29 is 17.6 Å². The number of anilines is 1. The lowest BCUT2D eigenvalue weighted by molar-refractivity contribution is 0.248. The first kappa shape index (κ1) is 14.7. The topological polar surface area (TPSA) is 101 Å². The Morgan fingerprint density at radius 3 is 2.55 bits per heavy atom. The molecule has 110 valence electrons. The molecule has 6 nitrogen and oxygen atoms in total. The summed E-state index contributed by atoms with van der Waals surface area (Å²) in [5.41, 5.74) is -0.164. The van der Waals surface area contributed by atoms with Gasteiger partial charge in [0.15, 0.2) is 0 Å². The Bertz CT molecular complexity index is 612. The smallest absolute Gasteiger partial charge is 0.319 e. The van der Waals surface area contributed by atoms with Crippen molar-refractivity contribution in [3.63, 3.8) is 0 Å². The van der Waals surface area contributed by atoms with E-state index >= 15 is 0 Å². The number of primary sulfonamides is 1. The van der Waals surface area contributed by atoms with E-state index in [1.165, 1.54) is 0 Å². The van der Waals surface area contributed by atoms with Gasteiger partial charge in [0.2, 0.25) is 10.0 Å². The van der Waals surface area contributed by atoms with Crippen molar-refractivity contribution >= 4 is 21.7 Å². The quantitative estimate of drug-likeness (QED) is 0.789. The van der Waals surface area contributed by atoms with Crippen molar-refractivity contribution in [2.45, 2.75) is 36.6 Å². The van der Waals surface area contributed by atoms with E-state index in [2.05, 4.69) is 10.6 Å². The minimum atomic E-state index is -4.03. The summed E-state index contributed by atoms with van der Waals surface area (Å²) in [5, 5.41) is 10.1. The SMILES string of the molecule is NS(=O)(=O)c1ccc(F)cc1NC(=O)NC1CCCC1. The van der Waals surface area contributed by atoms with Crippen LogP contribution in [0, 0.1) is 5.82 Å². The van der Waals surface area contributed by atoms with Crippen LogP contribution in [-0.2, 0) is 10.0 Å². The van der Waals surface area contributed by atoms with Gasteiger partial charge in [-0.15, -0.1) is 0 Å². The number of halogens is 1. The molecule has 0 aliphatic heterocycles. The fourth-order valence-corrected chi connectivity index (χ4v) is 2.94. The van der Waals surface area contributed by atoms with Crippen LogP contribution in [0.15, 0.2) is 23.1 Å². The van der Waals surface area contributed by atoms with Crippen LogP contribution in [0.25, 0.3) is 0 Å². The highest BCUT2D eigenvalue weighted by Gasteiger charge is 2.20. The summed E-state index contributed by atoms with van der Waals surface area (Å²) in [6, 6.07) is 2.43. The summed E-state index contributed by atoms with van der Waals surface area (Å²) in [6.45, 7) is 0. The van der Waals surface area contributed by atoms with E-state index in [1.54, 1.807) is 0 Å². The summed E-state index contributed by atoms with van der Waals surface area (Å²) in [4.78, 5) is 11.5. The molecule has 4 N–H and O–H groups in total. The fraction of sp³-hybridized carbons (Fsp3) is 0.417. The molecule has 0 spiro atoms. The molecule has 1 aliphatic carbocycles. The van der Waals surface area contributed by atoms with Crippen LogP contribution in [0.3, 0.4) is 0 Å². The van der Waals surface area contributed by atoms with E-state index in [-0.39, 0.29) is 16.6 Å². The number of sulfonamides is 1. The number of carbonyl (C=O) groups excluding carboxylic acids is 1. The molecule has 1 aromatic carbocycles. The number of hydrogen-bond acceptors (Lipinski definition) is 3. The van der Waals surface area contributed by atoms with Gasteiger partial charge in [-0.3, -0.25) is 0 Å². The molecule has 1 fully saturated rings. The summed E-state index contributed by atoms with van der Waals surface area (Å²) < 4.78 is 35.9. The van der Waals surface area contributed by atoms with E-state index < -0.39 is 21.9 Å². The molecule has 0 radical (unpaired) electrons. The molecule has 1 saturated carbocycles. The molecule has 20 heavy (non-hydrogen) atoms. The largest absolute Gasteiger partial charge is 0.335 e. The zero-order valence-electron chi connectivity index (χ0n) is 10.7. The first-order valence-corrected chi connectivity index (χ1v) is 7.81. The van der Waals surface area contributed by atoms with Crippen LogP contribution in [-0.4, -0.2) is 20.5 Å². The molecule has 1 aliphatic rings. The molecule has 2 rings (SSSR count). The number of benzene rings is 1. The lowest BCUT2D eigenvalue weighted by Crippen LogP contribution is -2.36. The number of nitrogens with one attached hydrogen (secondary N) is 2. The minimum absolute atomic E-state index is 0.0708. The van der Waals surface area contributed by atoms with Gasteiger partial charge in [-0.05, 0) is 31.0 Å². The van der Waals surface area contributed by atoms with Crippen molar-refractivity contribution in [3.05, 3.63) is 24.0 Å². The van der Waals surface area contributed by atoms with Crippen molar-refractivity contribution in [1.82, 2.24) is 5.32 Å². The molecule has 8 heteroatoms. The Hall–Kier alpha value is -1.67. The van der Waals surface area contributed by atoms with Crippen molar-refractivity contribution in [2.24, 2.45) is 5.14 Å². The van der Waals surface area contributed by atoms with Crippen molar-refractivity contribution in [2.75, 3.05) is 5.32 Å². The summed E-state index contributed by atoms with van der Waals surface area (Å²) >= 11 is 0. The predicted molar refractivity (Wildman–Crippen MR) is 72.2 cm³/mol. The zero-order valence-corrected chi connectivity index (χ0v) is 11.5. The third kappa shape index (κ3) is 3.67. The third-order valence-corrected chi connectivity index (χ3v) is 4.16. The van der Waals surface area contributed by atoms with Gasteiger partial charge < -0.3 is 10.6 Å². The van der Waals surface area contributed by atoms with Gasteiger partial charge in [0.05, 0.1) is 5.69 Å². The second kappa shape index (κ2) is 5.76. The van der Waals surface area contributed by atoms with Gasteiger partial charge in [0, 0.05) is 6.04 Å². The molecular weight excluding hydrogens is 285 g/mol. The summed E-state index contributed by atoms with van der Waals surface area (Å²) in [7, 11) is -4.03. The maximum Gasteiger partial charge on any atom is 0.319 e. The van der Waals surface area contributed by atoms with Crippen LogP contribution in [0.4, 0.5) is 14.9 Å². The van der Waals surface area contributed by atoms with Crippen LogP contribution in [0.2, 0.25) is 0 Å². The highest BCUT2D eigenvalue weighted by molar-refractivity contribution is 7.89. The van der Waals surface area contributed by atoms with Crippen LogP contribution >= 0.6 is 0 Å². The molecule has 1 aromatic rings. The number of rotatable bonds is 3. The van der Waals surface area contributed by atoms with E-state index in [4.69, 9.17) is 5.14 Å². The maximum atomic E-state index is 13.2.